The molecule has 1 N–H and O–H groups in total. The maximum absolute atomic E-state index is 10.0. The highest BCUT2D eigenvalue weighted by Crippen LogP contribution is 2.47. The van der Waals surface area contributed by atoms with Gasteiger partial charge in [0.05, 0.1) is 10.0 Å². The van der Waals surface area contributed by atoms with E-state index in [9.17, 15) is 4.89 Å². The van der Waals surface area contributed by atoms with Crippen LogP contribution >= 0.6 is 29.9 Å². The summed E-state index contributed by atoms with van der Waals surface area (Å²) in [5.41, 5.74) is 0. The molecule has 0 radical (unpaired) electrons. The molecule has 2 rings (SSSR count). The average molecular weight is 335 g/mol. The van der Waals surface area contributed by atoms with Gasteiger partial charge < -0.3 is 13.9 Å². The molecule has 3 nitrogen and oxygen atoms in total. The molecular weight excluding hydrogens is 326 g/mol. The normalized spacial score (nSPS) is 11.1. The van der Waals surface area contributed by atoms with Crippen molar-refractivity contribution in [2.45, 2.75) is 0 Å². The van der Waals surface area contributed by atoms with Gasteiger partial charge in [-0.2, -0.15) is 0 Å². The SMILES string of the molecule is OP(=S)(Oc1ccccc1Cl)Oc1ccccc1Cl. The molecule has 0 aromatic heterocycles. The molecule has 0 aliphatic rings. The summed E-state index contributed by atoms with van der Waals surface area (Å²) in [6.07, 6.45) is 0. The Bertz CT molecular complexity index is 584. The zero-order chi connectivity index (χ0) is 13.9. The lowest BCUT2D eigenvalue weighted by Crippen LogP contribution is -2.00. The van der Waals surface area contributed by atoms with Crippen molar-refractivity contribution in [3.05, 3.63) is 58.6 Å². The second kappa shape index (κ2) is 6.12. The third-order valence-electron chi connectivity index (χ3n) is 2.10. The Morgan fingerprint density at radius 3 is 1.58 bits per heavy atom. The zero-order valence-electron chi connectivity index (χ0n) is 9.49. The van der Waals surface area contributed by atoms with Gasteiger partial charge in [0.1, 0.15) is 11.5 Å². The van der Waals surface area contributed by atoms with Crippen LogP contribution in [0, 0.1) is 0 Å². The van der Waals surface area contributed by atoms with Crippen molar-refractivity contribution in [1.82, 2.24) is 0 Å². The number of rotatable bonds is 4. The van der Waals surface area contributed by atoms with E-state index >= 15 is 0 Å². The summed E-state index contributed by atoms with van der Waals surface area (Å²) in [6.45, 7) is -3.53. The van der Waals surface area contributed by atoms with Crippen molar-refractivity contribution < 1.29 is 13.9 Å². The highest BCUT2D eigenvalue weighted by Gasteiger charge is 2.21. The van der Waals surface area contributed by atoms with Gasteiger partial charge in [-0.1, -0.05) is 47.5 Å². The molecular formula is C12H9Cl2O3PS. The molecule has 7 heteroatoms. The zero-order valence-corrected chi connectivity index (χ0v) is 12.7. The lowest BCUT2D eigenvalue weighted by Gasteiger charge is -2.18. The predicted octanol–water partition coefficient (Wildman–Crippen LogP) is 4.67. The number of hydrogen-bond donors (Lipinski definition) is 1. The van der Waals surface area contributed by atoms with Gasteiger partial charge in [-0.05, 0) is 24.3 Å². The van der Waals surface area contributed by atoms with Gasteiger partial charge in [0.15, 0.2) is 0 Å². The number of halogens is 2. The molecule has 19 heavy (non-hydrogen) atoms. The molecule has 0 saturated carbocycles. The van der Waals surface area contributed by atoms with Gasteiger partial charge in [0.2, 0.25) is 0 Å². The first-order valence-corrected chi connectivity index (χ1v) is 8.54. The summed E-state index contributed by atoms with van der Waals surface area (Å²) >= 11 is 16.8. The monoisotopic (exact) mass is 334 g/mol. The Balaban J connectivity index is 2.18. The van der Waals surface area contributed by atoms with Crippen LogP contribution in [-0.2, 0) is 11.8 Å². The molecule has 0 spiro atoms. The fourth-order valence-electron chi connectivity index (χ4n) is 1.30. The fourth-order valence-corrected chi connectivity index (χ4v) is 3.10. The maximum atomic E-state index is 10.0. The van der Waals surface area contributed by atoms with Gasteiger partial charge in [-0.25, -0.2) is 0 Å². The van der Waals surface area contributed by atoms with E-state index in [1.807, 2.05) is 0 Å². The Morgan fingerprint density at radius 2 is 1.21 bits per heavy atom. The van der Waals surface area contributed by atoms with Gasteiger partial charge in [-0.15, -0.1) is 0 Å². The summed E-state index contributed by atoms with van der Waals surface area (Å²) < 4.78 is 10.5. The Kier molecular flexibility index (Phi) is 4.71. The highest BCUT2D eigenvalue weighted by molar-refractivity contribution is 8.07. The third-order valence-corrected chi connectivity index (χ3v) is 4.03. The fraction of sp³-hybridized carbons (Fsp3) is 0. The molecule has 0 amide bonds. The van der Waals surface area contributed by atoms with Crippen molar-refractivity contribution >= 4 is 41.7 Å². The van der Waals surface area contributed by atoms with Crippen LogP contribution in [0.5, 0.6) is 11.5 Å². The van der Waals surface area contributed by atoms with E-state index in [1.165, 1.54) is 0 Å². The van der Waals surface area contributed by atoms with Crippen molar-refractivity contribution in [1.29, 1.82) is 0 Å². The van der Waals surface area contributed by atoms with Crippen molar-refractivity contribution in [2.75, 3.05) is 0 Å². The molecule has 0 bridgehead atoms. The molecule has 0 saturated heterocycles. The van der Waals surface area contributed by atoms with Crippen molar-refractivity contribution in [3.63, 3.8) is 0 Å². The van der Waals surface area contributed by atoms with Gasteiger partial charge in [0.25, 0.3) is 0 Å². The summed E-state index contributed by atoms with van der Waals surface area (Å²) in [5.74, 6) is 0.532. The average Bonchev–Trinajstić information content (AvgIpc) is 2.35. The van der Waals surface area contributed by atoms with Crippen LogP contribution in [-0.4, -0.2) is 4.89 Å². The minimum Gasteiger partial charge on any atom is -0.414 e. The van der Waals surface area contributed by atoms with Crippen LogP contribution in [0.2, 0.25) is 10.0 Å². The topological polar surface area (TPSA) is 38.7 Å². The van der Waals surface area contributed by atoms with Gasteiger partial charge in [-0.3, -0.25) is 0 Å². The van der Waals surface area contributed by atoms with Crippen molar-refractivity contribution in [2.24, 2.45) is 0 Å². The second-order valence-electron chi connectivity index (χ2n) is 3.51. The number of benzene rings is 2. The number of para-hydroxylation sites is 2. The summed E-state index contributed by atoms with van der Waals surface area (Å²) in [4.78, 5) is 10.0. The van der Waals surface area contributed by atoms with Crippen LogP contribution < -0.4 is 9.05 Å². The number of hydrogen-bond acceptors (Lipinski definition) is 3. The minimum absolute atomic E-state index is 0.266. The summed E-state index contributed by atoms with van der Waals surface area (Å²) in [5, 5.41) is 0.682. The van der Waals surface area contributed by atoms with E-state index in [2.05, 4.69) is 0 Å². The largest absolute Gasteiger partial charge is 0.432 e. The van der Waals surface area contributed by atoms with E-state index in [0.717, 1.165) is 0 Å². The van der Waals surface area contributed by atoms with E-state index in [-0.39, 0.29) is 11.5 Å². The van der Waals surface area contributed by atoms with Crippen molar-refractivity contribution in [3.8, 4) is 11.5 Å². The van der Waals surface area contributed by atoms with Crippen LogP contribution in [0.25, 0.3) is 0 Å². The first kappa shape index (κ1) is 14.6. The second-order valence-corrected chi connectivity index (χ2v) is 7.01. The molecule has 0 heterocycles. The summed E-state index contributed by atoms with van der Waals surface area (Å²) in [6, 6.07) is 13.3. The molecule has 2 aromatic carbocycles. The molecule has 100 valence electrons. The van der Waals surface area contributed by atoms with E-state index in [0.29, 0.717) is 10.0 Å². The van der Waals surface area contributed by atoms with Crippen LogP contribution in [0.1, 0.15) is 0 Å². The molecule has 0 aliphatic carbocycles. The smallest absolute Gasteiger partial charge is 0.414 e. The van der Waals surface area contributed by atoms with E-state index < -0.39 is 6.72 Å². The van der Waals surface area contributed by atoms with Crippen LogP contribution in [0.15, 0.2) is 48.5 Å². The standard InChI is InChI=1S/C12H9Cl2O3PS/c13-9-5-1-3-7-11(9)16-18(15,19)17-12-8-4-2-6-10(12)14/h1-8H,(H,15,19). The summed E-state index contributed by atoms with van der Waals surface area (Å²) in [7, 11) is 0. The molecule has 0 unspecified atom stereocenters. The molecule has 0 aliphatic heterocycles. The van der Waals surface area contributed by atoms with Crippen LogP contribution in [0.3, 0.4) is 0 Å². The molecule has 0 fully saturated rings. The van der Waals surface area contributed by atoms with E-state index in [1.54, 1.807) is 48.5 Å². The predicted molar refractivity (Wildman–Crippen MR) is 80.7 cm³/mol. The van der Waals surface area contributed by atoms with Crippen LogP contribution in [0.4, 0.5) is 0 Å². The Morgan fingerprint density at radius 1 is 0.842 bits per heavy atom. The van der Waals surface area contributed by atoms with Gasteiger partial charge >= 0.3 is 6.72 Å². The maximum Gasteiger partial charge on any atom is 0.432 e. The minimum atomic E-state index is -3.53. The first-order valence-electron chi connectivity index (χ1n) is 5.19. The Labute approximate surface area is 125 Å². The van der Waals surface area contributed by atoms with E-state index in [4.69, 9.17) is 44.1 Å². The first-order chi connectivity index (χ1) is 8.98. The lowest BCUT2D eigenvalue weighted by atomic mass is 10.3. The lowest BCUT2D eigenvalue weighted by molar-refractivity contribution is 0.377. The van der Waals surface area contributed by atoms with Gasteiger partial charge in [0, 0.05) is 11.8 Å². The Hall–Kier alpha value is -0.770. The molecule has 0 atom stereocenters. The molecule has 2 aromatic rings. The highest BCUT2D eigenvalue weighted by atomic mass is 35.5. The quantitative estimate of drug-likeness (QED) is 0.825. The third kappa shape index (κ3) is 4.10.